The molecule has 1 N–H and O–H groups in total. The Labute approximate surface area is 118 Å². The third-order valence-electron chi connectivity index (χ3n) is 2.27. The van der Waals surface area contributed by atoms with Gasteiger partial charge in [0, 0.05) is 10.2 Å². The first-order valence-corrected chi connectivity index (χ1v) is 6.28. The molecule has 0 radical (unpaired) electrons. The van der Waals surface area contributed by atoms with Crippen molar-refractivity contribution in [2.45, 2.75) is 6.92 Å². The van der Waals surface area contributed by atoms with E-state index in [2.05, 4.69) is 31.2 Å². The summed E-state index contributed by atoms with van der Waals surface area (Å²) in [5.41, 5.74) is 1.97. The van der Waals surface area contributed by atoms with Crippen LogP contribution in [0, 0.1) is 6.92 Å². The second-order valence-electron chi connectivity index (χ2n) is 3.64. The topological polar surface area (TPSA) is 54.9 Å². The standard InChI is InChI=1S/C12H9BrClN3O/c1-7-4-8(2-3-9(7)13)17-12(18)10-5-16-11(14)6-15-10/h2-6H,1H3,(H,17,18). The van der Waals surface area contributed by atoms with E-state index in [1.807, 2.05) is 19.1 Å². The molecule has 6 heteroatoms. The first kappa shape index (κ1) is 13.0. The van der Waals surface area contributed by atoms with Crippen LogP contribution >= 0.6 is 27.5 Å². The summed E-state index contributed by atoms with van der Waals surface area (Å²) in [7, 11) is 0. The molecule has 0 aliphatic carbocycles. The van der Waals surface area contributed by atoms with Crippen molar-refractivity contribution < 1.29 is 4.79 Å². The van der Waals surface area contributed by atoms with E-state index < -0.39 is 0 Å². The van der Waals surface area contributed by atoms with Crippen LogP contribution in [-0.4, -0.2) is 15.9 Å². The van der Waals surface area contributed by atoms with Crippen molar-refractivity contribution in [2.75, 3.05) is 5.32 Å². The summed E-state index contributed by atoms with van der Waals surface area (Å²) in [5.74, 6) is -0.319. The summed E-state index contributed by atoms with van der Waals surface area (Å²) in [6.07, 6.45) is 2.67. The van der Waals surface area contributed by atoms with Gasteiger partial charge in [-0.1, -0.05) is 27.5 Å². The van der Waals surface area contributed by atoms with Crippen molar-refractivity contribution in [3.05, 3.63) is 51.5 Å². The van der Waals surface area contributed by atoms with Gasteiger partial charge in [0.05, 0.1) is 12.4 Å². The number of amides is 1. The average molecular weight is 327 g/mol. The summed E-state index contributed by atoms with van der Waals surface area (Å²) >= 11 is 9.00. The molecule has 92 valence electrons. The maximum Gasteiger partial charge on any atom is 0.275 e. The highest BCUT2D eigenvalue weighted by atomic mass is 79.9. The molecule has 0 unspecified atom stereocenters. The van der Waals surface area contributed by atoms with Gasteiger partial charge in [-0.2, -0.15) is 0 Å². The fraction of sp³-hybridized carbons (Fsp3) is 0.0833. The first-order valence-electron chi connectivity index (χ1n) is 5.11. The van der Waals surface area contributed by atoms with Gasteiger partial charge in [0.15, 0.2) is 0 Å². The number of nitrogens with zero attached hydrogens (tertiary/aromatic N) is 2. The number of halogens is 2. The Balaban J connectivity index is 2.16. The molecule has 0 atom stereocenters. The van der Waals surface area contributed by atoms with Crippen molar-refractivity contribution in [1.82, 2.24) is 9.97 Å². The van der Waals surface area contributed by atoms with Crippen LogP contribution in [0.2, 0.25) is 5.15 Å². The van der Waals surface area contributed by atoms with Gasteiger partial charge in [-0.05, 0) is 30.7 Å². The molecular formula is C12H9BrClN3O. The van der Waals surface area contributed by atoms with E-state index in [1.165, 1.54) is 12.4 Å². The lowest BCUT2D eigenvalue weighted by molar-refractivity contribution is 0.102. The third kappa shape index (κ3) is 3.05. The van der Waals surface area contributed by atoms with Gasteiger partial charge in [-0.3, -0.25) is 4.79 Å². The maximum atomic E-state index is 11.9. The third-order valence-corrected chi connectivity index (χ3v) is 3.35. The van der Waals surface area contributed by atoms with Crippen LogP contribution in [0.15, 0.2) is 35.1 Å². The lowest BCUT2D eigenvalue weighted by Gasteiger charge is -2.06. The Morgan fingerprint density at radius 1 is 1.33 bits per heavy atom. The van der Waals surface area contributed by atoms with Gasteiger partial charge in [0.1, 0.15) is 10.8 Å². The molecule has 1 amide bonds. The van der Waals surface area contributed by atoms with Gasteiger partial charge < -0.3 is 5.32 Å². The van der Waals surface area contributed by atoms with Crippen molar-refractivity contribution in [1.29, 1.82) is 0 Å². The van der Waals surface area contributed by atoms with E-state index in [1.54, 1.807) is 6.07 Å². The zero-order valence-corrected chi connectivity index (χ0v) is 11.8. The number of carbonyl (C=O) groups is 1. The molecule has 2 aromatic rings. The number of nitrogens with one attached hydrogen (secondary N) is 1. The lowest BCUT2D eigenvalue weighted by Crippen LogP contribution is -2.14. The maximum absolute atomic E-state index is 11.9. The second kappa shape index (κ2) is 5.46. The van der Waals surface area contributed by atoms with Crippen LogP contribution in [-0.2, 0) is 0 Å². The Kier molecular flexibility index (Phi) is 3.93. The van der Waals surface area contributed by atoms with Gasteiger partial charge in [-0.25, -0.2) is 9.97 Å². The molecule has 0 bridgehead atoms. The SMILES string of the molecule is Cc1cc(NC(=O)c2cnc(Cl)cn2)ccc1Br. The summed E-state index contributed by atoms with van der Waals surface area (Å²) in [4.78, 5) is 19.6. The molecule has 0 spiro atoms. The smallest absolute Gasteiger partial charge is 0.275 e. The Bertz CT molecular complexity index is 586. The number of hydrogen-bond donors (Lipinski definition) is 1. The molecule has 0 saturated carbocycles. The minimum atomic E-state index is -0.319. The summed E-state index contributed by atoms with van der Waals surface area (Å²) in [6.45, 7) is 1.95. The van der Waals surface area contributed by atoms with Crippen molar-refractivity contribution in [3.63, 3.8) is 0 Å². The fourth-order valence-electron chi connectivity index (χ4n) is 1.35. The minimum absolute atomic E-state index is 0.222. The number of anilines is 1. The van der Waals surface area contributed by atoms with Gasteiger partial charge in [0.25, 0.3) is 5.91 Å². The Morgan fingerprint density at radius 2 is 2.11 bits per heavy atom. The molecular weight excluding hydrogens is 318 g/mol. The molecule has 1 aromatic heterocycles. The predicted molar refractivity (Wildman–Crippen MR) is 73.9 cm³/mol. The van der Waals surface area contributed by atoms with E-state index >= 15 is 0 Å². The normalized spacial score (nSPS) is 10.2. The van der Waals surface area contributed by atoms with E-state index in [0.717, 1.165) is 10.0 Å². The highest BCUT2D eigenvalue weighted by Crippen LogP contribution is 2.20. The van der Waals surface area contributed by atoms with Crippen molar-refractivity contribution >= 4 is 39.1 Å². The van der Waals surface area contributed by atoms with Crippen LogP contribution in [0.1, 0.15) is 16.1 Å². The summed E-state index contributed by atoms with van der Waals surface area (Å²) in [6, 6.07) is 5.54. The molecule has 1 heterocycles. The van der Waals surface area contributed by atoms with E-state index in [9.17, 15) is 4.79 Å². The van der Waals surface area contributed by atoms with E-state index in [0.29, 0.717) is 5.69 Å². The molecule has 0 fully saturated rings. The highest BCUT2D eigenvalue weighted by Gasteiger charge is 2.08. The molecule has 0 aliphatic rings. The molecule has 0 saturated heterocycles. The monoisotopic (exact) mass is 325 g/mol. The fourth-order valence-corrected chi connectivity index (χ4v) is 1.69. The number of hydrogen-bond acceptors (Lipinski definition) is 3. The van der Waals surface area contributed by atoms with E-state index in [-0.39, 0.29) is 16.8 Å². The summed E-state index contributed by atoms with van der Waals surface area (Å²) in [5, 5.41) is 3.00. The van der Waals surface area contributed by atoms with Crippen molar-refractivity contribution in [3.8, 4) is 0 Å². The number of rotatable bonds is 2. The molecule has 18 heavy (non-hydrogen) atoms. The Hall–Kier alpha value is -1.46. The molecule has 4 nitrogen and oxygen atoms in total. The largest absolute Gasteiger partial charge is 0.321 e. The average Bonchev–Trinajstić information content (AvgIpc) is 2.34. The quantitative estimate of drug-likeness (QED) is 0.919. The molecule has 1 aromatic carbocycles. The number of aromatic nitrogens is 2. The van der Waals surface area contributed by atoms with Crippen LogP contribution in [0.25, 0.3) is 0 Å². The van der Waals surface area contributed by atoms with Gasteiger partial charge in [-0.15, -0.1) is 0 Å². The zero-order chi connectivity index (χ0) is 13.1. The first-order chi connectivity index (χ1) is 8.56. The van der Waals surface area contributed by atoms with Gasteiger partial charge in [0.2, 0.25) is 0 Å². The van der Waals surface area contributed by atoms with Crippen LogP contribution in [0.5, 0.6) is 0 Å². The van der Waals surface area contributed by atoms with Crippen LogP contribution < -0.4 is 5.32 Å². The molecule has 0 aliphatic heterocycles. The van der Waals surface area contributed by atoms with Crippen molar-refractivity contribution in [2.24, 2.45) is 0 Å². The number of aryl methyl sites for hydroxylation is 1. The second-order valence-corrected chi connectivity index (χ2v) is 4.88. The number of carbonyl (C=O) groups excluding carboxylic acids is 1. The zero-order valence-electron chi connectivity index (χ0n) is 9.45. The van der Waals surface area contributed by atoms with Crippen LogP contribution in [0.3, 0.4) is 0 Å². The van der Waals surface area contributed by atoms with Gasteiger partial charge >= 0.3 is 0 Å². The Morgan fingerprint density at radius 3 is 2.72 bits per heavy atom. The van der Waals surface area contributed by atoms with E-state index in [4.69, 9.17) is 11.6 Å². The van der Waals surface area contributed by atoms with Crippen LogP contribution in [0.4, 0.5) is 5.69 Å². The predicted octanol–water partition coefficient (Wildman–Crippen LogP) is 3.45. The lowest BCUT2D eigenvalue weighted by atomic mass is 10.2. The number of benzene rings is 1. The molecule has 2 rings (SSSR count). The minimum Gasteiger partial charge on any atom is -0.321 e. The highest BCUT2D eigenvalue weighted by molar-refractivity contribution is 9.10. The summed E-state index contributed by atoms with van der Waals surface area (Å²) < 4.78 is 0.992.